The summed E-state index contributed by atoms with van der Waals surface area (Å²) in [6.45, 7) is 6.78. The predicted molar refractivity (Wildman–Crippen MR) is 99.3 cm³/mol. The highest BCUT2D eigenvalue weighted by atomic mass is 35.5. The molecule has 0 atom stereocenters. The van der Waals surface area contributed by atoms with Gasteiger partial charge in [-0.3, -0.25) is 4.79 Å². The fourth-order valence-electron chi connectivity index (χ4n) is 2.70. The molecule has 1 fully saturated rings. The third-order valence-corrected chi connectivity index (χ3v) is 5.55. The number of halogens is 1. The van der Waals surface area contributed by atoms with Crippen LogP contribution >= 0.6 is 23.4 Å². The van der Waals surface area contributed by atoms with Gasteiger partial charge in [0.15, 0.2) is 0 Å². The molecule has 3 nitrogen and oxygen atoms in total. The molecule has 0 bridgehead atoms. The van der Waals surface area contributed by atoms with E-state index in [4.69, 9.17) is 11.6 Å². The first kappa shape index (κ1) is 18.6. The van der Waals surface area contributed by atoms with Gasteiger partial charge in [0.2, 0.25) is 5.91 Å². The van der Waals surface area contributed by atoms with Crippen LogP contribution in [0.2, 0.25) is 5.02 Å². The van der Waals surface area contributed by atoms with Crippen molar-refractivity contribution in [3.8, 4) is 0 Å². The van der Waals surface area contributed by atoms with Gasteiger partial charge >= 0.3 is 0 Å². The zero-order chi connectivity index (χ0) is 16.5. The summed E-state index contributed by atoms with van der Waals surface area (Å²) in [4.78, 5) is 15.4. The maximum absolute atomic E-state index is 11.8. The van der Waals surface area contributed by atoms with E-state index in [1.165, 1.54) is 38.9 Å². The summed E-state index contributed by atoms with van der Waals surface area (Å²) in [5, 5.41) is 3.73. The number of hydrogen-bond acceptors (Lipinski definition) is 3. The van der Waals surface area contributed by atoms with E-state index < -0.39 is 0 Å². The van der Waals surface area contributed by atoms with Gasteiger partial charge in [-0.15, -0.1) is 11.8 Å². The molecule has 1 aliphatic heterocycles. The van der Waals surface area contributed by atoms with Crippen molar-refractivity contribution in [1.82, 2.24) is 10.2 Å². The van der Waals surface area contributed by atoms with Crippen molar-refractivity contribution < 1.29 is 4.79 Å². The average molecular weight is 355 g/mol. The van der Waals surface area contributed by atoms with Crippen LogP contribution in [0.4, 0.5) is 0 Å². The molecule has 1 N–H and O–H groups in total. The Morgan fingerprint density at radius 3 is 2.65 bits per heavy atom. The number of unbranched alkanes of at least 4 members (excludes halogenated alkanes) is 1. The van der Waals surface area contributed by atoms with Crippen molar-refractivity contribution >= 4 is 29.3 Å². The largest absolute Gasteiger partial charge is 0.355 e. The number of piperidine rings is 1. The quantitative estimate of drug-likeness (QED) is 0.564. The Hall–Kier alpha value is -0.710. The van der Waals surface area contributed by atoms with Gasteiger partial charge in [0.25, 0.3) is 0 Å². The molecule has 2 rings (SSSR count). The minimum Gasteiger partial charge on any atom is -0.355 e. The van der Waals surface area contributed by atoms with E-state index >= 15 is 0 Å². The second kappa shape index (κ2) is 10.2. The molecule has 1 aromatic carbocycles. The maximum Gasteiger partial charge on any atom is 0.230 e. The van der Waals surface area contributed by atoms with Crippen molar-refractivity contribution in [3.63, 3.8) is 0 Å². The molecule has 0 radical (unpaired) electrons. The van der Waals surface area contributed by atoms with Gasteiger partial charge in [0, 0.05) is 16.5 Å². The van der Waals surface area contributed by atoms with Crippen molar-refractivity contribution in [2.45, 2.75) is 37.5 Å². The van der Waals surface area contributed by atoms with Crippen molar-refractivity contribution in [2.24, 2.45) is 5.92 Å². The molecule has 128 valence electrons. The molecule has 1 saturated heterocycles. The zero-order valence-electron chi connectivity index (χ0n) is 13.9. The maximum atomic E-state index is 11.8. The minimum absolute atomic E-state index is 0.108. The van der Waals surface area contributed by atoms with E-state index in [0.717, 1.165) is 28.8 Å². The highest BCUT2D eigenvalue weighted by Crippen LogP contribution is 2.20. The Kier molecular flexibility index (Phi) is 8.27. The van der Waals surface area contributed by atoms with Crippen LogP contribution in [0.15, 0.2) is 29.2 Å². The molecular formula is C18H27ClN2OS. The molecule has 0 saturated carbocycles. The van der Waals surface area contributed by atoms with Gasteiger partial charge in [-0.25, -0.2) is 0 Å². The van der Waals surface area contributed by atoms with Crippen LogP contribution in [0.1, 0.15) is 32.6 Å². The second-order valence-corrected chi connectivity index (χ2v) is 7.81. The van der Waals surface area contributed by atoms with Crippen LogP contribution in [0, 0.1) is 5.92 Å². The molecule has 1 heterocycles. The Bertz CT molecular complexity index is 472. The van der Waals surface area contributed by atoms with Crippen molar-refractivity contribution in [2.75, 3.05) is 31.9 Å². The first-order valence-electron chi connectivity index (χ1n) is 8.51. The van der Waals surface area contributed by atoms with E-state index in [-0.39, 0.29) is 5.91 Å². The Balaban J connectivity index is 1.49. The third-order valence-electron chi connectivity index (χ3n) is 4.28. The summed E-state index contributed by atoms with van der Waals surface area (Å²) >= 11 is 7.39. The average Bonchev–Trinajstić information content (AvgIpc) is 2.56. The number of carbonyl (C=O) groups is 1. The van der Waals surface area contributed by atoms with Crippen LogP contribution in [0.25, 0.3) is 0 Å². The topological polar surface area (TPSA) is 32.3 Å². The summed E-state index contributed by atoms with van der Waals surface area (Å²) in [5.41, 5.74) is 0. The number of amides is 1. The first-order chi connectivity index (χ1) is 11.1. The normalized spacial score (nSPS) is 16.4. The van der Waals surface area contributed by atoms with Gasteiger partial charge < -0.3 is 10.2 Å². The number of benzene rings is 1. The SMILES string of the molecule is CC1CCN(CCCCNC(=O)CSc2ccc(Cl)cc2)CC1. The summed E-state index contributed by atoms with van der Waals surface area (Å²) in [6.07, 6.45) is 4.89. The molecule has 1 aliphatic rings. The van der Waals surface area contributed by atoms with Gasteiger partial charge in [-0.1, -0.05) is 18.5 Å². The summed E-state index contributed by atoms with van der Waals surface area (Å²) in [5.74, 6) is 1.46. The fraction of sp³-hybridized carbons (Fsp3) is 0.611. The molecular weight excluding hydrogens is 328 g/mol. The van der Waals surface area contributed by atoms with Crippen LogP contribution < -0.4 is 5.32 Å². The van der Waals surface area contributed by atoms with E-state index in [0.29, 0.717) is 5.75 Å². The number of rotatable bonds is 8. The van der Waals surface area contributed by atoms with Gasteiger partial charge in [-0.05, 0) is 75.5 Å². The van der Waals surface area contributed by atoms with Gasteiger partial charge in [0.1, 0.15) is 0 Å². The number of thioether (sulfide) groups is 1. The molecule has 0 unspecified atom stereocenters. The Morgan fingerprint density at radius 1 is 1.26 bits per heavy atom. The van der Waals surface area contributed by atoms with E-state index in [2.05, 4.69) is 17.1 Å². The molecule has 1 amide bonds. The summed E-state index contributed by atoms with van der Waals surface area (Å²) < 4.78 is 0. The molecule has 0 aliphatic carbocycles. The molecule has 0 spiro atoms. The van der Waals surface area contributed by atoms with Crippen LogP contribution in [-0.4, -0.2) is 42.7 Å². The van der Waals surface area contributed by atoms with Crippen LogP contribution in [0.3, 0.4) is 0 Å². The monoisotopic (exact) mass is 354 g/mol. The van der Waals surface area contributed by atoms with Crippen LogP contribution in [0.5, 0.6) is 0 Å². The Morgan fingerprint density at radius 2 is 1.96 bits per heavy atom. The smallest absolute Gasteiger partial charge is 0.230 e. The number of hydrogen-bond donors (Lipinski definition) is 1. The van der Waals surface area contributed by atoms with E-state index in [9.17, 15) is 4.79 Å². The predicted octanol–water partition coefficient (Wildman–Crippen LogP) is 4.06. The highest BCUT2D eigenvalue weighted by Gasteiger charge is 2.14. The second-order valence-electron chi connectivity index (χ2n) is 6.32. The molecule has 23 heavy (non-hydrogen) atoms. The summed E-state index contributed by atoms with van der Waals surface area (Å²) in [6, 6.07) is 7.59. The number of carbonyl (C=O) groups excluding carboxylic acids is 1. The standard InChI is InChI=1S/C18H27ClN2OS/c1-15-8-12-21(13-9-15)11-3-2-10-20-18(22)14-23-17-6-4-16(19)5-7-17/h4-7,15H,2-3,8-14H2,1H3,(H,20,22). The van der Waals surface area contributed by atoms with E-state index in [1.54, 1.807) is 11.8 Å². The molecule has 1 aromatic rings. The fourth-order valence-corrected chi connectivity index (χ4v) is 3.56. The lowest BCUT2D eigenvalue weighted by molar-refractivity contribution is -0.118. The van der Waals surface area contributed by atoms with Crippen molar-refractivity contribution in [3.05, 3.63) is 29.3 Å². The lowest BCUT2D eigenvalue weighted by Crippen LogP contribution is -2.34. The number of nitrogens with zero attached hydrogens (tertiary/aromatic N) is 1. The van der Waals surface area contributed by atoms with Gasteiger partial charge in [-0.2, -0.15) is 0 Å². The zero-order valence-corrected chi connectivity index (χ0v) is 15.5. The number of likely N-dealkylation sites (tertiary alicyclic amines) is 1. The van der Waals surface area contributed by atoms with Crippen molar-refractivity contribution in [1.29, 1.82) is 0 Å². The molecule has 5 heteroatoms. The first-order valence-corrected chi connectivity index (χ1v) is 9.87. The van der Waals surface area contributed by atoms with Crippen LogP contribution in [-0.2, 0) is 4.79 Å². The third kappa shape index (κ3) is 7.60. The lowest BCUT2D eigenvalue weighted by Gasteiger charge is -2.30. The van der Waals surface area contributed by atoms with E-state index in [1.807, 2.05) is 24.3 Å². The minimum atomic E-state index is 0.108. The molecule has 0 aromatic heterocycles. The number of nitrogens with one attached hydrogen (secondary N) is 1. The lowest BCUT2D eigenvalue weighted by atomic mass is 9.99. The highest BCUT2D eigenvalue weighted by molar-refractivity contribution is 8.00. The Labute approximate surface area is 149 Å². The summed E-state index contributed by atoms with van der Waals surface area (Å²) in [7, 11) is 0. The van der Waals surface area contributed by atoms with Gasteiger partial charge in [0.05, 0.1) is 5.75 Å².